The highest BCUT2D eigenvalue weighted by atomic mass is 127. The summed E-state index contributed by atoms with van der Waals surface area (Å²) < 4.78 is -1.22. The van der Waals surface area contributed by atoms with Crippen LogP contribution in [0.1, 0.15) is 18.1 Å². The molecule has 1 atom stereocenters. The number of rotatable bonds is 4. The second-order valence-corrected chi connectivity index (χ2v) is 5.44. The van der Waals surface area contributed by atoms with E-state index >= 15 is 0 Å². The predicted molar refractivity (Wildman–Crippen MR) is 68.1 cm³/mol. The molecule has 82 valence electrons. The van der Waals surface area contributed by atoms with Gasteiger partial charge in [0.15, 0.2) is 3.55 Å². The highest BCUT2D eigenvalue weighted by Gasteiger charge is 2.30. The maximum Gasteiger partial charge on any atom is 0.334 e. The molecule has 0 saturated heterocycles. The second kappa shape index (κ2) is 4.94. The van der Waals surface area contributed by atoms with Gasteiger partial charge in [-0.1, -0.05) is 31.2 Å². The number of hydrogen-bond acceptors (Lipinski definition) is 2. The van der Waals surface area contributed by atoms with E-state index in [9.17, 15) is 4.79 Å². The van der Waals surface area contributed by atoms with E-state index in [-0.39, 0.29) is 0 Å². The summed E-state index contributed by atoms with van der Waals surface area (Å²) >= 11 is 1.77. The fourth-order valence-electron chi connectivity index (χ4n) is 1.33. The molecule has 0 fully saturated rings. The molecule has 4 heteroatoms. The lowest BCUT2D eigenvalue weighted by Gasteiger charge is -2.17. The van der Waals surface area contributed by atoms with Crippen molar-refractivity contribution < 1.29 is 9.90 Å². The number of carbonyl (C=O) groups is 1. The van der Waals surface area contributed by atoms with E-state index in [1.54, 1.807) is 22.6 Å². The smallest absolute Gasteiger partial charge is 0.334 e. The average Bonchev–Trinajstić information content (AvgIpc) is 2.17. The summed E-state index contributed by atoms with van der Waals surface area (Å²) in [6, 6.07) is 7.87. The Kier molecular flexibility index (Phi) is 4.10. The van der Waals surface area contributed by atoms with E-state index in [0.29, 0.717) is 6.42 Å². The van der Waals surface area contributed by atoms with Crippen LogP contribution in [0.4, 0.5) is 0 Å². The van der Waals surface area contributed by atoms with Gasteiger partial charge >= 0.3 is 5.97 Å². The van der Waals surface area contributed by atoms with Crippen molar-refractivity contribution in [1.29, 1.82) is 0 Å². The van der Waals surface area contributed by atoms with Crippen molar-refractivity contribution >= 4 is 28.6 Å². The summed E-state index contributed by atoms with van der Waals surface area (Å²) in [6.45, 7) is 2.07. The van der Waals surface area contributed by atoms with Gasteiger partial charge in [-0.05, 0) is 40.1 Å². The second-order valence-electron chi connectivity index (χ2n) is 3.52. The van der Waals surface area contributed by atoms with Gasteiger partial charge in [-0.2, -0.15) is 0 Å². The highest BCUT2D eigenvalue weighted by Crippen LogP contribution is 2.19. The molecule has 1 unspecified atom stereocenters. The molecular formula is C11H14INO2. The average molecular weight is 319 g/mol. The lowest BCUT2D eigenvalue weighted by Crippen LogP contribution is -2.43. The highest BCUT2D eigenvalue weighted by molar-refractivity contribution is 14.1. The van der Waals surface area contributed by atoms with Crippen LogP contribution in [0, 0.1) is 0 Å². The van der Waals surface area contributed by atoms with Gasteiger partial charge in [0, 0.05) is 6.42 Å². The molecule has 0 radical (unpaired) electrons. The van der Waals surface area contributed by atoms with Crippen molar-refractivity contribution in [1.82, 2.24) is 0 Å². The summed E-state index contributed by atoms with van der Waals surface area (Å²) in [5.41, 5.74) is 7.84. The van der Waals surface area contributed by atoms with Crippen molar-refractivity contribution in [3.8, 4) is 0 Å². The minimum atomic E-state index is -1.22. The van der Waals surface area contributed by atoms with Crippen LogP contribution in [0.2, 0.25) is 0 Å². The Hall–Kier alpha value is -0.620. The van der Waals surface area contributed by atoms with Crippen LogP contribution in [0.15, 0.2) is 24.3 Å². The van der Waals surface area contributed by atoms with E-state index in [2.05, 4.69) is 6.92 Å². The molecule has 0 spiro atoms. The fourth-order valence-corrected chi connectivity index (χ4v) is 1.77. The largest absolute Gasteiger partial charge is 0.479 e. The molecule has 0 aromatic heterocycles. The van der Waals surface area contributed by atoms with E-state index in [1.165, 1.54) is 5.56 Å². The number of halogens is 1. The zero-order valence-electron chi connectivity index (χ0n) is 8.53. The quantitative estimate of drug-likeness (QED) is 0.507. The van der Waals surface area contributed by atoms with Crippen LogP contribution in [0.3, 0.4) is 0 Å². The molecule has 0 heterocycles. The van der Waals surface area contributed by atoms with E-state index in [4.69, 9.17) is 10.8 Å². The summed E-state index contributed by atoms with van der Waals surface area (Å²) in [6.07, 6.45) is 1.29. The molecule has 1 rings (SSSR count). The molecule has 15 heavy (non-hydrogen) atoms. The molecule has 0 aliphatic rings. The number of aliphatic carboxylic acids is 1. The number of benzene rings is 1. The van der Waals surface area contributed by atoms with E-state index in [1.807, 2.05) is 24.3 Å². The number of carboxylic acids is 1. The number of alkyl halides is 1. The Morgan fingerprint density at radius 2 is 2.13 bits per heavy atom. The Bertz CT molecular complexity index is 363. The SMILES string of the molecule is CCc1cccc(CC(N)(I)C(=O)O)c1. The molecule has 0 amide bonds. The zero-order chi connectivity index (χ0) is 11.5. The minimum absolute atomic E-state index is 0.344. The minimum Gasteiger partial charge on any atom is -0.479 e. The van der Waals surface area contributed by atoms with Crippen LogP contribution in [-0.2, 0) is 17.6 Å². The molecule has 0 aliphatic carbocycles. The van der Waals surface area contributed by atoms with Crippen molar-refractivity contribution in [3.63, 3.8) is 0 Å². The van der Waals surface area contributed by atoms with Gasteiger partial charge in [0.2, 0.25) is 0 Å². The fraction of sp³-hybridized carbons (Fsp3) is 0.364. The first-order valence-electron chi connectivity index (χ1n) is 4.74. The lowest BCUT2D eigenvalue weighted by atomic mass is 10.0. The number of hydrogen-bond donors (Lipinski definition) is 2. The Balaban J connectivity index is 2.85. The standard InChI is InChI=1S/C11H14INO2/c1-2-8-4-3-5-9(6-8)7-11(12,13)10(14)15/h3-6H,2,7,13H2,1H3,(H,14,15). The number of carboxylic acid groups (broad SMARTS) is 1. The first-order chi connectivity index (χ1) is 6.95. The predicted octanol–water partition coefficient (Wildman–Crippen LogP) is 1.97. The monoisotopic (exact) mass is 319 g/mol. The van der Waals surface area contributed by atoms with Gasteiger partial charge in [-0.25, -0.2) is 4.79 Å². The van der Waals surface area contributed by atoms with Crippen molar-refractivity contribution in [2.75, 3.05) is 0 Å². The first kappa shape index (κ1) is 12.4. The molecule has 3 N–H and O–H groups in total. The molecule has 1 aromatic rings. The van der Waals surface area contributed by atoms with Gasteiger partial charge in [0.1, 0.15) is 0 Å². The van der Waals surface area contributed by atoms with E-state index in [0.717, 1.165) is 12.0 Å². The molecule has 1 aromatic carbocycles. The van der Waals surface area contributed by atoms with Gasteiger partial charge in [-0.3, -0.25) is 0 Å². The maximum atomic E-state index is 10.8. The zero-order valence-corrected chi connectivity index (χ0v) is 10.7. The number of nitrogens with two attached hydrogens (primary N) is 1. The summed E-state index contributed by atoms with van der Waals surface area (Å²) in [4.78, 5) is 10.8. The molecule has 3 nitrogen and oxygen atoms in total. The topological polar surface area (TPSA) is 63.3 Å². The van der Waals surface area contributed by atoms with Crippen molar-refractivity contribution in [2.24, 2.45) is 5.73 Å². The van der Waals surface area contributed by atoms with Crippen molar-refractivity contribution in [3.05, 3.63) is 35.4 Å². The van der Waals surface area contributed by atoms with Crippen LogP contribution in [-0.4, -0.2) is 14.6 Å². The van der Waals surface area contributed by atoms with Gasteiger partial charge < -0.3 is 10.8 Å². The normalized spacial score (nSPS) is 14.6. The van der Waals surface area contributed by atoms with Crippen LogP contribution >= 0.6 is 22.6 Å². The number of aryl methyl sites for hydroxylation is 1. The van der Waals surface area contributed by atoms with Crippen LogP contribution in [0.25, 0.3) is 0 Å². The molecule has 0 aliphatic heterocycles. The third-order valence-electron chi connectivity index (χ3n) is 2.22. The Morgan fingerprint density at radius 3 is 2.67 bits per heavy atom. The summed E-state index contributed by atoms with van der Waals surface area (Å²) in [7, 11) is 0. The van der Waals surface area contributed by atoms with Gasteiger partial charge in [0.25, 0.3) is 0 Å². The van der Waals surface area contributed by atoms with Gasteiger partial charge in [-0.15, -0.1) is 0 Å². The molecular weight excluding hydrogens is 305 g/mol. The first-order valence-corrected chi connectivity index (χ1v) is 5.82. The third-order valence-corrected chi connectivity index (χ3v) is 3.06. The summed E-state index contributed by atoms with van der Waals surface area (Å²) in [5.74, 6) is -0.981. The Morgan fingerprint density at radius 1 is 1.53 bits per heavy atom. The van der Waals surface area contributed by atoms with Gasteiger partial charge in [0.05, 0.1) is 0 Å². The Labute approximate surface area is 103 Å². The molecule has 0 saturated carbocycles. The summed E-state index contributed by atoms with van der Waals surface area (Å²) in [5, 5.41) is 8.90. The lowest BCUT2D eigenvalue weighted by molar-refractivity contribution is -0.139. The molecule has 0 bridgehead atoms. The maximum absolute atomic E-state index is 10.8. The van der Waals surface area contributed by atoms with Crippen LogP contribution < -0.4 is 5.73 Å². The van der Waals surface area contributed by atoms with Crippen LogP contribution in [0.5, 0.6) is 0 Å². The third kappa shape index (κ3) is 3.46. The van der Waals surface area contributed by atoms with Crippen molar-refractivity contribution in [2.45, 2.75) is 23.3 Å². The van der Waals surface area contributed by atoms with E-state index < -0.39 is 9.51 Å².